The number of aryl methyl sites for hydroxylation is 1. The highest BCUT2D eigenvalue weighted by Crippen LogP contribution is 2.19. The molecule has 29 heavy (non-hydrogen) atoms. The van der Waals surface area contributed by atoms with E-state index in [0.29, 0.717) is 12.3 Å². The number of methoxy groups -OCH3 is 1. The fraction of sp³-hybridized carbons (Fsp3) is 0.143. The molecule has 0 radical (unpaired) electrons. The highest BCUT2D eigenvalue weighted by molar-refractivity contribution is 5.94. The molecule has 0 aliphatic rings. The molecule has 8 nitrogen and oxygen atoms in total. The Hall–Kier alpha value is -3.94. The fourth-order valence-electron chi connectivity index (χ4n) is 2.97. The molecule has 146 valence electrons. The summed E-state index contributed by atoms with van der Waals surface area (Å²) in [6.45, 7) is 2.24. The summed E-state index contributed by atoms with van der Waals surface area (Å²) in [7, 11) is 1.52. The summed E-state index contributed by atoms with van der Waals surface area (Å²) in [6, 6.07) is 13.3. The van der Waals surface area contributed by atoms with E-state index in [4.69, 9.17) is 4.74 Å². The maximum Gasteiger partial charge on any atom is 0.275 e. The molecule has 3 heterocycles. The van der Waals surface area contributed by atoms with Crippen LogP contribution in [0.5, 0.6) is 5.75 Å². The van der Waals surface area contributed by atoms with Crippen molar-refractivity contribution in [3.8, 4) is 17.3 Å². The van der Waals surface area contributed by atoms with Crippen LogP contribution in [0.3, 0.4) is 0 Å². The highest BCUT2D eigenvalue weighted by Gasteiger charge is 2.18. The zero-order valence-corrected chi connectivity index (χ0v) is 16.1. The van der Waals surface area contributed by atoms with Gasteiger partial charge in [-0.1, -0.05) is 18.2 Å². The number of carbonyl (C=O) groups is 1. The van der Waals surface area contributed by atoms with Crippen molar-refractivity contribution in [1.82, 2.24) is 29.6 Å². The molecule has 0 saturated carbocycles. The number of aromatic nitrogens is 5. The van der Waals surface area contributed by atoms with Crippen LogP contribution in [0.4, 0.5) is 0 Å². The number of amides is 1. The molecule has 1 N–H and O–H groups in total. The van der Waals surface area contributed by atoms with E-state index >= 15 is 0 Å². The maximum atomic E-state index is 12.7. The molecule has 0 spiro atoms. The number of carbonyl (C=O) groups excluding carboxylic acids is 1. The molecule has 0 saturated heterocycles. The second-order valence-corrected chi connectivity index (χ2v) is 6.38. The average Bonchev–Trinajstić information content (AvgIpc) is 3.39. The molecule has 0 bridgehead atoms. The first-order chi connectivity index (χ1) is 14.2. The fourth-order valence-corrected chi connectivity index (χ4v) is 2.97. The topological polar surface area (TPSA) is 86.9 Å². The van der Waals surface area contributed by atoms with Crippen LogP contribution < -0.4 is 10.1 Å². The van der Waals surface area contributed by atoms with E-state index in [1.165, 1.54) is 7.11 Å². The molecule has 3 aromatic heterocycles. The van der Waals surface area contributed by atoms with Crippen LogP contribution in [-0.4, -0.2) is 37.3 Å². The van der Waals surface area contributed by atoms with Crippen molar-refractivity contribution in [2.45, 2.75) is 13.5 Å². The van der Waals surface area contributed by atoms with Crippen LogP contribution in [0.25, 0.3) is 11.5 Å². The van der Waals surface area contributed by atoms with Crippen LogP contribution >= 0.6 is 0 Å². The first-order valence-electron chi connectivity index (χ1n) is 9.08. The molecular formula is C21H20N6O2. The van der Waals surface area contributed by atoms with Gasteiger partial charge in [-0.15, -0.1) is 0 Å². The van der Waals surface area contributed by atoms with E-state index < -0.39 is 0 Å². The van der Waals surface area contributed by atoms with Gasteiger partial charge in [0.05, 0.1) is 19.0 Å². The van der Waals surface area contributed by atoms with Crippen molar-refractivity contribution >= 4 is 5.91 Å². The standard InChI is InChI=1S/C21H20N6O2/c1-15-22-10-11-26(15)19-12-16(8-9-23-19)13-24-21(28)20-18(29-2)14-27(25-20)17-6-4-3-5-7-17/h3-12,14H,13H2,1-2H3,(H,24,28). The van der Waals surface area contributed by atoms with Gasteiger partial charge in [-0.3, -0.25) is 9.36 Å². The normalized spacial score (nSPS) is 10.7. The Morgan fingerprint density at radius 3 is 2.69 bits per heavy atom. The van der Waals surface area contributed by atoms with Gasteiger partial charge in [0.25, 0.3) is 5.91 Å². The summed E-state index contributed by atoms with van der Waals surface area (Å²) in [5.74, 6) is 1.69. The molecule has 0 unspecified atom stereocenters. The van der Waals surface area contributed by atoms with Gasteiger partial charge in [-0.05, 0) is 36.8 Å². The highest BCUT2D eigenvalue weighted by atomic mass is 16.5. The number of ether oxygens (including phenoxy) is 1. The van der Waals surface area contributed by atoms with Gasteiger partial charge in [0.15, 0.2) is 11.4 Å². The first kappa shape index (κ1) is 18.4. The summed E-state index contributed by atoms with van der Waals surface area (Å²) in [5, 5.41) is 7.28. The lowest BCUT2D eigenvalue weighted by atomic mass is 10.2. The Morgan fingerprint density at radius 1 is 1.14 bits per heavy atom. The van der Waals surface area contributed by atoms with Gasteiger partial charge in [0, 0.05) is 25.1 Å². The van der Waals surface area contributed by atoms with Gasteiger partial charge in [0.1, 0.15) is 11.6 Å². The average molecular weight is 388 g/mol. The molecule has 0 fully saturated rings. The Kier molecular flexibility index (Phi) is 5.07. The van der Waals surface area contributed by atoms with Crippen molar-refractivity contribution in [3.63, 3.8) is 0 Å². The third-order valence-corrected chi connectivity index (χ3v) is 4.47. The summed E-state index contributed by atoms with van der Waals surface area (Å²) in [6.07, 6.45) is 6.97. The second kappa shape index (κ2) is 7.97. The minimum atomic E-state index is -0.311. The predicted molar refractivity (Wildman–Crippen MR) is 107 cm³/mol. The van der Waals surface area contributed by atoms with Gasteiger partial charge in [0.2, 0.25) is 0 Å². The van der Waals surface area contributed by atoms with Crippen molar-refractivity contribution in [2.24, 2.45) is 0 Å². The van der Waals surface area contributed by atoms with Gasteiger partial charge < -0.3 is 10.1 Å². The van der Waals surface area contributed by atoms with Gasteiger partial charge in [-0.2, -0.15) is 5.10 Å². The molecule has 4 aromatic rings. The molecule has 8 heteroatoms. The van der Waals surface area contributed by atoms with E-state index in [1.807, 2.05) is 60.2 Å². The summed E-state index contributed by atoms with van der Waals surface area (Å²) < 4.78 is 8.85. The SMILES string of the molecule is COc1cn(-c2ccccc2)nc1C(=O)NCc1ccnc(-n2ccnc2C)c1. The van der Waals surface area contributed by atoms with Crippen LogP contribution in [0.1, 0.15) is 21.9 Å². The van der Waals surface area contributed by atoms with E-state index in [-0.39, 0.29) is 11.6 Å². The predicted octanol–water partition coefficient (Wildman–Crippen LogP) is 2.70. The Morgan fingerprint density at radius 2 is 1.97 bits per heavy atom. The van der Waals surface area contributed by atoms with E-state index in [1.54, 1.807) is 23.3 Å². The molecule has 4 rings (SSSR count). The van der Waals surface area contributed by atoms with Crippen molar-refractivity contribution < 1.29 is 9.53 Å². The van der Waals surface area contributed by atoms with Crippen molar-refractivity contribution in [3.05, 3.63) is 84.3 Å². The largest absolute Gasteiger partial charge is 0.493 e. The molecule has 0 atom stereocenters. The number of imidazole rings is 1. The van der Waals surface area contributed by atoms with Crippen LogP contribution in [-0.2, 0) is 6.54 Å². The lowest BCUT2D eigenvalue weighted by Crippen LogP contribution is -2.24. The molecule has 1 amide bonds. The number of benzene rings is 1. The monoisotopic (exact) mass is 388 g/mol. The minimum absolute atomic E-state index is 0.232. The maximum absolute atomic E-state index is 12.7. The van der Waals surface area contributed by atoms with Crippen molar-refractivity contribution in [2.75, 3.05) is 7.11 Å². The summed E-state index contributed by atoms with van der Waals surface area (Å²) in [4.78, 5) is 21.3. The number of hydrogen-bond acceptors (Lipinski definition) is 5. The Balaban J connectivity index is 1.51. The Labute approximate surface area is 167 Å². The molecular weight excluding hydrogens is 368 g/mol. The van der Waals surface area contributed by atoms with E-state index in [9.17, 15) is 4.79 Å². The Bertz CT molecular complexity index is 1130. The quantitative estimate of drug-likeness (QED) is 0.549. The minimum Gasteiger partial charge on any atom is -0.493 e. The van der Waals surface area contributed by atoms with Crippen LogP contribution in [0.15, 0.2) is 67.3 Å². The number of nitrogens with zero attached hydrogens (tertiary/aromatic N) is 5. The van der Waals surface area contributed by atoms with Crippen molar-refractivity contribution in [1.29, 1.82) is 0 Å². The zero-order valence-electron chi connectivity index (χ0n) is 16.1. The number of nitrogens with one attached hydrogen (secondary N) is 1. The van der Waals surface area contributed by atoms with Crippen LogP contribution in [0.2, 0.25) is 0 Å². The number of pyridine rings is 1. The van der Waals surface area contributed by atoms with Gasteiger partial charge >= 0.3 is 0 Å². The third kappa shape index (κ3) is 3.86. The smallest absolute Gasteiger partial charge is 0.275 e. The first-order valence-corrected chi connectivity index (χ1v) is 9.08. The number of rotatable bonds is 6. The number of hydrogen-bond donors (Lipinski definition) is 1. The number of para-hydroxylation sites is 1. The molecule has 0 aliphatic heterocycles. The lowest BCUT2D eigenvalue weighted by Gasteiger charge is -2.08. The molecule has 0 aliphatic carbocycles. The summed E-state index contributed by atoms with van der Waals surface area (Å²) >= 11 is 0. The van der Waals surface area contributed by atoms with E-state index in [2.05, 4.69) is 20.4 Å². The molecule has 1 aromatic carbocycles. The third-order valence-electron chi connectivity index (χ3n) is 4.47. The van der Waals surface area contributed by atoms with E-state index in [0.717, 1.165) is 22.9 Å². The summed E-state index contributed by atoms with van der Waals surface area (Å²) in [5.41, 5.74) is 1.99. The second-order valence-electron chi connectivity index (χ2n) is 6.38. The van der Waals surface area contributed by atoms with Crippen LogP contribution in [0, 0.1) is 6.92 Å². The lowest BCUT2D eigenvalue weighted by molar-refractivity contribution is 0.0942. The zero-order chi connectivity index (χ0) is 20.2. The van der Waals surface area contributed by atoms with Gasteiger partial charge in [-0.25, -0.2) is 14.6 Å².